The second kappa shape index (κ2) is 9.58. The van der Waals surface area contributed by atoms with E-state index in [-0.39, 0.29) is 31.0 Å². The number of nitro benzene ring substituents is 1. The van der Waals surface area contributed by atoms with Crippen molar-refractivity contribution >= 4 is 23.3 Å². The lowest BCUT2D eigenvalue weighted by molar-refractivity contribution is -0.384. The number of carbonyl (C=O) groups is 2. The van der Waals surface area contributed by atoms with E-state index < -0.39 is 16.4 Å². The fourth-order valence-electron chi connectivity index (χ4n) is 2.37. The Morgan fingerprint density at radius 3 is 2.48 bits per heavy atom. The number of ether oxygens (including phenoxy) is 1. The number of amides is 1. The molecule has 25 heavy (non-hydrogen) atoms. The van der Waals surface area contributed by atoms with Gasteiger partial charge in [-0.2, -0.15) is 0 Å². The molecule has 0 aromatic heterocycles. The highest BCUT2D eigenvalue weighted by molar-refractivity contribution is 5.78. The molecule has 3 N–H and O–H groups in total. The summed E-state index contributed by atoms with van der Waals surface area (Å²) in [6.07, 6.45) is 0.519. The third kappa shape index (κ3) is 7.62. The van der Waals surface area contributed by atoms with Gasteiger partial charge in [-0.3, -0.25) is 19.7 Å². The quantitative estimate of drug-likeness (QED) is 0.314. The fraction of sp³-hybridized carbons (Fsp3) is 0.500. The highest BCUT2D eigenvalue weighted by atomic mass is 16.6. The van der Waals surface area contributed by atoms with Crippen LogP contribution in [0.3, 0.4) is 0 Å². The van der Waals surface area contributed by atoms with Crippen molar-refractivity contribution in [3.05, 3.63) is 34.4 Å². The van der Waals surface area contributed by atoms with Crippen molar-refractivity contribution in [3.63, 3.8) is 0 Å². The second-order valence-electron chi connectivity index (χ2n) is 5.95. The Labute approximate surface area is 145 Å². The van der Waals surface area contributed by atoms with E-state index in [2.05, 4.69) is 10.6 Å². The molecule has 0 radical (unpaired) electrons. The topological polar surface area (TPSA) is 131 Å². The fourth-order valence-corrected chi connectivity index (χ4v) is 2.37. The average molecular weight is 353 g/mol. The molecule has 0 fully saturated rings. The first-order valence-corrected chi connectivity index (χ1v) is 7.76. The molecule has 0 aliphatic rings. The molecule has 138 valence electrons. The number of nitrogens with one attached hydrogen (secondary N) is 2. The lowest BCUT2D eigenvalue weighted by atomic mass is 9.98. The van der Waals surface area contributed by atoms with E-state index in [0.717, 1.165) is 5.69 Å². The first kappa shape index (κ1) is 20.4. The Morgan fingerprint density at radius 1 is 1.32 bits per heavy atom. The standard InChI is InChI=1S/C16H23N3O6/c1-16(11-25-2,10-15(21)22)18-14(20)4-3-9-17-12-5-7-13(8-6-12)19(23)24/h5-8,17H,3-4,9-11H2,1-2H3,(H,18,20)(H,21,22)/t16-/m0/s1. The number of anilines is 1. The molecule has 0 bridgehead atoms. The van der Waals surface area contributed by atoms with Crippen LogP contribution >= 0.6 is 0 Å². The number of aliphatic carboxylic acids is 1. The van der Waals surface area contributed by atoms with Gasteiger partial charge < -0.3 is 20.5 Å². The summed E-state index contributed by atoms with van der Waals surface area (Å²) < 4.78 is 4.98. The van der Waals surface area contributed by atoms with Gasteiger partial charge in [0.05, 0.1) is 23.5 Å². The first-order chi connectivity index (χ1) is 11.8. The monoisotopic (exact) mass is 353 g/mol. The van der Waals surface area contributed by atoms with Crippen molar-refractivity contribution in [3.8, 4) is 0 Å². The molecule has 0 saturated heterocycles. The lowest BCUT2D eigenvalue weighted by Crippen LogP contribution is -2.50. The van der Waals surface area contributed by atoms with Gasteiger partial charge in [-0.1, -0.05) is 0 Å². The van der Waals surface area contributed by atoms with Crippen molar-refractivity contribution in [2.45, 2.75) is 31.7 Å². The Kier molecular flexibility index (Phi) is 7.80. The van der Waals surface area contributed by atoms with Gasteiger partial charge in [0.2, 0.25) is 5.91 Å². The minimum absolute atomic E-state index is 0.0146. The normalized spacial score (nSPS) is 12.9. The molecule has 0 aliphatic heterocycles. The summed E-state index contributed by atoms with van der Waals surface area (Å²) in [6, 6.07) is 6.00. The largest absolute Gasteiger partial charge is 0.481 e. The summed E-state index contributed by atoms with van der Waals surface area (Å²) in [5.74, 6) is -1.27. The van der Waals surface area contributed by atoms with Crippen LogP contribution in [0.2, 0.25) is 0 Å². The van der Waals surface area contributed by atoms with Gasteiger partial charge in [0.1, 0.15) is 0 Å². The van der Waals surface area contributed by atoms with Gasteiger partial charge in [0.15, 0.2) is 0 Å². The molecular weight excluding hydrogens is 330 g/mol. The molecule has 9 heteroatoms. The van der Waals surface area contributed by atoms with E-state index >= 15 is 0 Å². The maximum Gasteiger partial charge on any atom is 0.305 e. The molecular formula is C16H23N3O6. The summed E-state index contributed by atoms with van der Waals surface area (Å²) in [5.41, 5.74) is -0.217. The van der Waals surface area contributed by atoms with E-state index in [1.54, 1.807) is 19.1 Å². The molecule has 1 rings (SSSR count). The zero-order valence-electron chi connectivity index (χ0n) is 14.3. The van der Waals surface area contributed by atoms with Crippen LogP contribution < -0.4 is 10.6 Å². The van der Waals surface area contributed by atoms with Gasteiger partial charge in [-0.25, -0.2) is 0 Å². The molecule has 9 nitrogen and oxygen atoms in total. The number of hydrogen-bond donors (Lipinski definition) is 3. The Bertz CT molecular complexity index is 604. The molecule has 0 heterocycles. The number of non-ortho nitro benzene ring substituents is 1. The molecule has 1 aromatic carbocycles. The van der Waals surface area contributed by atoms with E-state index in [1.165, 1.54) is 19.2 Å². The average Bonchev–Trinajstić information content (AvgIpc) is 2.51. The van der Waals surface area contributed by atoms with E-state index in [4.69, 9.17) is 9.84 Å². The molecule has 0 saturated carbocycles. The van der Waals surface area contributed by atoms with Gasteiger partial charge in [-0.05, 0) is 25.5 Å². The maximum absolute atomic E-state index is 12.0. The third-order valence-electron chi connectivity index (χ3n) is 3.43. The predicted molar refractivity (Wildman–Crippen MR) is 91.5 cm³/mol. The summed E-state index contributed by atoms with van der Waals surface area (Å²) in [6.45, 7) is 2.23. The molecule has 0 spiro atoms. The second-order valence-corrected chi connectivity index (χ2v) is 5.95. The Morgan fingerprint density at radius 2 is 1.96 bits per heavy atom. The molecule has 1 aromatic rings. The number of carbonyl (C=O) groups excluding carboxylic acids is 1. The third-order valence-corrected chi connectivity index (χ3v) is 3.43. The SMILES string of the molecule is COC[C@](C)(CC(=O)O)NC(=O)CCCNc1ccc([N+](=O)[O-])cc1. The van der Waals surface area contributed by atoms with Crippen molar-refractivity contribution in [2.75, 3.05) is 25.6 Å². The van der Waals surface area contributed by atoms with E-state index in [1.807, 2.05) is 0 Å². The van der Waals surface area contributed by atoms with Gasteiger partial charge in [0.25, 0.3) is 5.69 Å². The Hall–Kier alpha value is -2.68. The van der Waals surface area contributed by atoms with Crippen LogP contribution in [-0.4, -0.2) is 47.7 Å². The highest BCUT2D eigenvalue weighted by Gasteiger charge is 2.29. The minimum atomic E-state index is -1.01. The summed E-state index contributed by atoms with van der Waals surface area (Å²) in [4.78, 5) is 33.0. The molecule has 0 aliphatic carbocycles. The first-order valence-electron chi connectivity index (χ1n) is 7.76. The van der Waals surface area contributed by atoms with Crippen molar-refractivity contribution in [1.82, 2.24) is 5.32 Å². The summed E-state index contributed by atoms with van der Waals surface area (Å²) in [5, 5.41) is 25.3. The van der Waals surface area contributed by atoms with E-state index in [0.29, 0.717) is 13.0 Å². The molecule has 0 unspecified atom stereocenters. The van der Waals surface area contributed by atoms with Crippen molar-refractivity contribution in [2.24, 2.45) is 0 Å². The van der Waals surface area contributed by atoms with Crippen molar-refractivity contribution < 1.29 is 24.4 Å². The van der Waals surface area contributed by atoms with Crippen molar-refractivity contribution in [1.29, 1.82) is 0 Å². The number of hydrogen-bond acceptors (Lipinski definition) is 6. The van der Waals surface area contributed by atoms with Crippen LogP contribution in [0.1, 0.15) is 26.2 Å². The minimum Gasteiger partial charge on any atom is -0.481 e. The van der Waals surface area contributed by atoms with Gasteiger partial charge in [0, 0.05) is 37.9 Å². The van der Waals surface area contributed by atoms with Crippen LogP contribution in [0.5, 0.6) is 0 Å². The van der Waals surface area contributed by atoms with Gasteiger partial charge in [-0.15, -0.1) is 0 Å². The van der Waals surface area contributed by atoms with Gasteiger partial charge >= 0.3 is 5.97 Å². The number of carboxylic acid groups (broad SMARTS) is 1. The van der Waals surface area contributed by atoms with Crippen LogP contribution in [0.15, 0.2) is 24.3 Å². The number of rotatable bonds is 11. The predicted octanol–water partition coefficient (Wildman–Crippen LogP) is 1.78. The number of benzene rings is 1. The number of methoxy groups -OCH3 is 1. The molecule has 1 atom stereocenters. The number of carboxylic acids is 1. The van der Waals surface area contributed by atoms with E-state index in [9.17, 15) is 19.7 Å². The molecule has 1 amide bonds. The summed E-state index contributed by atoms with van der Waals surface area (Å²) in [7, 11) is 1.44. The Balaban J connectivity index is 2.38. The zero-order chi connectivity index (χ0) is 18.9. The van der Waals surface area contributed by atoms with Crippen LogP contribution in [0, 0.1) is 10.1 Å². The smallest absolute Gasteiger partial charge is 0.305 e. The summed E-state index contributed by atoms with van der Waals surface area (Å²) >= 11 is 0. The van der Waals surface area contributed by atoms with Crippen LogP contribution in [-0.2, 0) is 14.3 Å². The number of nitrogens with zero attached hydrogens (tertiary/aromatic N) is 1. The zero-order valence-corrected chi connectivity index (χ0v) is 14.3. The van der Waals surface area contributed by atoms with Crippen LogP contribution in [0.25, 0.3) is 0 Å². The lowest BCUT2D eigenvalue weighted by Gasteiger charge is -2.28. The van der Waals surface area contributed by atoms with Crippen LogP contribution in [0.4, 0.5) is 11.4 Å². The maximum atomic E-state index is 12.0. The number of nitro groups is 1. The highest BCUT2D eigenvalue weighted by Crippen LogP contribution is 2.15.